The Hall–Kier alpha value is -1.77. The molecular formula is C9H9F3N2O3S. The first-order valence-corrected chi connectivity index (χ1v) is 5.55. The number of rotatable bonds is 4. The molecule has 18 heavy (non-hydrogen) atoms. The van der Waals surface area contributed by atoms with Crippen molar-refractivity contribution in [1.82, 2.24) is 10.6 Å². The number of thiophene rings is 1. The molecule has 5 nitrogen and oxygen atoms in total. The van der Waals surface area contributed by atoms with Crippen LogP contribution in [0.2, 0.25) is 0 Å². The van der Waals surface area contributed by atoms with Gasteiger partial charge in [-0.2, -0.15) is 13.2 Å². The van der Waals surface area contributed by atoms with Crippen LogP contribution in [0.5, 0.6) is 0 Å². The van der Waals surface area contributed by atoms with Crippen LogP contribution in [0.3, 0.4) is 0 Å². The van der Waals surface area contributed by atoms with Gasteiger partial charge in [-0.3, -0.25) is 0 Å². The highest BCUT2D eigenvalue weighted by molar-refractivity contribution is 7.10. The lowest BCUT2D eigenvalue weighted by Gasteiger charge is -2.14. The number of carbonyl (C=O) groups is 2. The van der Waals surface area contributed by atoms with Gasteiger partial charge < -0.3 is 15.7 Å². The van der Waals surface area contributed by atoms with E-state index in [0.717, 1.165) is 11.3 Å². The molecule has 2 amide bonds. The van der Waals surface area contributed by atoms with Crippen molar-refractivity contribution in [3.05, 3.63) is 22.4 Å². The van der Waals surface area contributed by atoms with E-state index in [-0.39, 0.29) is 0 Å². The van der Waals surface area contributed by atoms with E-state index in [1.165, 1.54) is 11.4 Å². The van der Waals surface area contributed by atoms with E-state index < -0.39 is 30.8 Å². The molecule has 1 aromatic rings. The molecule has 1 atom stereocenters. The second-order valence-electron chi connectivity index (χ2n) is 3.23. The van der Waals surface area contributed by atoms with Gasteiger partial charge in [-0.05, 0) is 11.4 Å². The topological polar surface area (TPSA) is 78.4 Å². The zero-order chi connectivity index (χ0) is 13.8. The minimum absolute atomic E-state index is 0.324. The smallest absolute Gasteiger partial charge is 0.405 e. The van der Waals surface area contributed by atoms with Crippen molar-refractivity contribution in [3.8, 4) is 0 Å². The van der Waals surface area contributed by atoms with Crippen molar-refractivity contribution in [2.24, 2.45) is 0 Å². The van der Waals surface area contributed by atoms with Gasteiger partial charge in [0.2, 0.25) is 0 Å². The van der Waals surface area contributed by atoms with E-state index in [9.17, 15) is 22.8 Å². The summed E-state index contributed by atoms with van der Waals surface area (Å²) in [5.74, 6) is -1.35. The van der Waals surface area contributed by atoms with Crippen LogP contribution in [0.1, 0.15) is 10.9 Å². The molecule has 100 valence electrons. The molecule has 1 rings (SSSR count). The Bertz CT molecular complexity index is 419. The van der Waals surface area contributed by atoms with Gasteiger partial charge in [0, 0.05) is 4.88 Å². The van der Waals surface area contributed by atoms with E-state index >= 15 is 0 Å². The molecule has 0 radical (unpaired) electrons. The Labute approximate surface area is 104 Å². The second kappa shape index (κ2) is 5.71. The summed E-state index contributed by atoms with van der Waals surface area (Å²) in [7, 11) is 0. The van der Waals surface area contributed by atoms with E-state index in [0.29, 0.717) is 4.88 Å². The molecular weight excluding hydrogens is 273 g/mol. The average Bonchev–Trinajstić information content (AvgIpc) is 2.74. The first-order chi connectivity index (χ1) is 8.29. The van der Waals surface area contributed by atoms with Gasteiger partial charge in [0.1, 0.15) is 6.54 Å². The van der Waals surface area contributed by atoms with Crippen LogP contribution in [-0.4, -0.2) is 29.8 Å². The second-order valence-corrected chi connectivity index (χ2v) is 4.21. The summed E-state index contributed by atoms with van der Waals surface area (Å²) >= 11 is 1.08. The molecule has 0 aromatic carbocycles. The van der Waals surface area contributed by atoms with Crippen molar-refractivity contribution < 1.29 is 27.9 Å². The number of amides is 2. The lowest BCUT2D eigenvalue weighted by molar-refractivity contribution is -0.139. The number of alkyl halides is 3. The number of halogens is 3. The Morgan fingerprint density at radius 2 is 2.11 bits per heavy atom. The van der Waals surface area contributed by atoms with Crippen LogP contribution in [0, 0.1) is 0 Å². The van der Waals surface area contributed by atoms with Gasteiger partial charge in [-0.15, -0.1) is 11.3 Å². The van der Waals surface area contributed by atoms with Crippen LogP contribution in [0.4, 0.5) is 18.0 Å². The maximum atomic E-state index is 11.8. The summed E-state index contributed by atoms with van der Waals surface area (Å²) in [6.45, 7) is -1.52. The standard InChI is InChI=1S/C9H9F3N2O3S/c10-9(11,12)4-13-8(17)14-6(7(15)16)5-2-1-3-18-5/h1-3,6H,4H2,(H,15,16)(H2,13,14,17). The molecule has 3 N–H and O–H groups in total. The van der Waals surface area contributed by atoms with Crippen LogP contribution in [0.15, 0.2) is 17.5 Å². The summed E-state index contributed by atoms with van der Waals surface area (Å²) in [5, 5.41) is 14.0. The lowest BCUT2D eigenvalue weighted by atomic mass is 10.2. The number of carboxylic acid groups (broad SMARTS) is 1. The summed E-state index contributed by atoms with van der Waals surface area (Å²) in [4.78, 5) is 22.3. The summed E-state index contributed by atoms with van der Waals surface area (Å²) < 4.78 is 35.5. The van der Waals surface area contributed by atoms with Gasteiger partial charge in [0.05, 0.1) is 0 Å². The van der Waals surface area contributed by atoms with Gasteiger partial charge in [-0.25, -0.2) is 9.59 Å². The fourth-order valence-corrected chi connectivity index (χ4v) is 1.84. The third-order valence-electron chi connectivity index (χ3n) is 1.80. The SMILES string of the molecule is O=C(NCC(F)(F)F)NC(C(=O)O)c1cccs1. The number of carbonyl (C=O) groups excluding carboxylic acids is 1. The molecule has 0 aliphatic rings. The number of hydrogen-bond acceptors (Lipinski definition) is 3. The highest BCUT2D eigenvalue weighted by atomic mass is 32.1. The molecule has 0 saturated carbocycles. The number of hydrogen-bond donors (Lipinski definition) is 3. The predicted octanol–water partition coefficient (Wildman–Crippen LogP) is 1.74. The van der Waals surface area contributed by atoms with Crippen molar-refractivity contribution in [1.29, 1.82) is 0 Å². The van der Waals surface area contributed by atoms with Crippen LogP contribution in [0.25, 0.3) is 0 Å². The highest BCUT2D eigenvalue weighted by Gasteiger charge is 2.29. The van der Waals surface area contributed by atoms with Gasteiger partial charge in [0.15, 0.2) is 6.04 Å². The van der Waals surface area contributed by atoms with Crippen molar-refractivity contribution in [2.75, 3.05) is 6.54 Å². The lowest BCUT2D eigenvalue weighted by Crippen LogP contribution is -2.44. The Morgan fingerprint density at radius 1 is 1.44 bits per heavy atom. The van der Waals surface area contributed by atoms with Crippen molar-refractivity contribution in [2.45, 2.75) is 12.2 Å². The molecule has 0 saturated heterocycles. The summed E-state index contributed by atoms with van der Waals surface area (Å²) in [6, 6.07) is 0.491. The number of urea groups is 1. The van der Waals surface area contributed by atoms with Crippen LogP contribution < -0.4 is 10.6 Å². The Balaban J connectivity index is 2.58. The van der Waals surface area contributed by atoms with E-state index in [1.54, 1.807) is 11.4 Å². The largest absolute Gasteiger partial charge is 0.479 e. The number of nitrogens with one attached hydrogen (secondary N) is 2. The highest BCUT2D eigenvalue weighted by Crippen LogP contribution is 2.19. The van der Waals surface area contributed by atoms with E-state index in [4.69, 9.17) is 5.11 Å². The van der Waals surface area contributed by atoms with Gasteiger partial charge in [-0.1, -0.05) is 6.07 Å². The third-order valence-corrected chi connectivity index (χ3v) is 2.74. The molecule has 0 fully saturated rings. The average molecular weight is 282 g/mol. The first kappa shape index (κ1) is 14.3. The fourth-order valence-electron chi connectivity index (χ4n) is 1.07. The maximum Gasteiger partial charge on any atom is 0.405 e. The normalized spacial score (nSPS) is 12.8. The van der Waals surface area contributed by atoms with E-state index in [1.807, 2.05) is 5.32 Å². The number of aliphatic carboxylic acids is 1. The minimum atomic E-state index is -4.54. The zero-order valence-electron chi connectivity index (χ0n) is 8.82. The summed E-state index contributed by atoms with van der Waals surface area (Å²) in [6.07, 6.45) is -4.54. The third kappa shape index (κ3) is 4.62. The molecule has 9 heteroatoms. The Morgan fingerprint density at radius 3 is 2.56 bits per heavy atom. The molecule has 0 bridgehead atoms. The Kier molecular flexibility index (Phi) is 4.54. The quantitative estimate of drug-likeness (QED) is 0.787. The minimum Gasteiger partial charge on any atom is -0.479 e. The molecule has 0 aliphatic heterocycles. The fraction of sp³-hybridized carbons (Fsp3) is 0.333. The molecule has 0 spiro atoms. The molecule has 1 unspecified atom stereocenters. The molecule has 1 heterocycles. The molecule has 1 aromatic heterocycles. The zero-order valence-corrected chi connectivity index (χ0v) is 9.64. The van der Waals surface area contributed by atoms with Crippen LogP contribution in [-0.2, 0) is 4.79 Å². The predicted molar refractivity (Wildman–Crippen MR) is 57.3 cm³/mol. The van der Waals surface area contributed by atoms with Crippen molar-refractivity contribution in [3.63, 3.8) is 0 Å². The van der Waals surface area contributed by atoms with Gasteiger partial charge >= 0.3 is 18.2 Å². The maximum absolute atomic E-state index is 11.8. The van der Waals surface area contributed by atoms with Gasteiger partial charge in [0.25, 0.3) is 0 Å². The number of carboxylic acids is 1. The monoisotopic (exact) mass is 282 g/mol. The first-order valence-electron chi connectivity index (χ1n) is 4.67. The molecule has 0 aliphatic carbocycles. The van der Waals surface area contributed by atoms with Crippen LogP contribution >= 0.6 is 11.3 Å². The van der Waals surface area contributed by atoms with Crippen molar-refractivity contribution >= 4 is 23.3 Å². The van der Waals surface area contributed by atoms with E-state index in [2.05, 4.69) is 0 Å². The summed E-state index contributed by atoms with van der Waals surface area (Å²) in [5.41, 5.74) is 0.